The van der Waals surface area contributed by atoms with Gasteiger partial charge in [0.2, 0.25) is 0 Å². The Balaban J connectivity index is 2.10. The smallest absolute Gasteiger partial charge is 0.343 e. The number of nitrogens with zero attached hydrogens (tertiary/aromatic N) is 1. The standard InChI is InChI=1S/C13H9NO4/c1-9-3-2-4-12(9)18-13(15)10-5-7-11(8-6-10)14(16)17/h2-8H,1H2. The Morgan fingerprint density at radius 2 is 1.94 bits per heavy atom. The molecule has 0 saturated heterocycles. The molecule has 0 amide bonds. The fourth-order valence-corrected chi connectivity index (χ4v) is 1.42. The van der Waals surface area contributed by atoms with Crippen molar-refractivity contribution in [1.29, 1.82) is 0 Å². The first-order valence-corrected chi connectivity index (χ1v) is 5.12. The summed E-state index contributed by atoms with van der Waals surface area (Å²) in [6.07, 6.45) is 5.07. The third-order valence-electron chi connectivity index (χ3n) is 2.38. The lowest BCUT2D eigenvalue weighted by Gasteiger charge is -2.05. The van der Waals surface area contributed by atoms with Crippen molar-refractivity contribution in [3.05, 3.63) is 76.1 Å². The van der Waals surface area contributed by atoms with Gasteiger partial charge in [0.05, 0.1) is 10.5 Å². The van der Waals surface area contributed by atoms with Crippen LogP contribution in [0, 0.1) is 10.1 Å². The second-order valence-corrected chi connectivity index (χ2v) is 3.61. The highest BCUT2D eigenvalue weighted by Crippen LogP contribution is 2.20. The normalized spacial score (nSPS) is 13.3. The second kappa shape index (κ2) is 4.67. The molecule has 0 aliphatic heterocycles. The molecule has 1 aromatic carbocycles. The third kappa shape index (κ3) is 2.35. The van der Waals surface area contributed by atoms with E-state index in [4.69, 9.17) is 4.74 Å². The van der Waals surface area contributed by atoms with Gasteiger partial charge in [0.15, 0.2) is 0 Å². The number of nitro groups is 1. The zero-order valence-corrected chi connectivity index (χ0v) is 9.33. The maximum atomic E-state index is 11.7. The fraction of sp³-hybridized carbons (Fsp3) is 0. The maximum absolute atomic E-state index is 11.7. The number of rotatable bonds is 3. The Morgan fingerprint density at radius 3 is 2.44 bits per heavy atom. The summed E-state index contributed by atoms with van der Waals surface area (Å²) in [7, 11) is 0. The molecule has 90 valence electrons. The molecular weight excluding hydrogens is 234 g/mol. The van der Waals surface area contributed by atoms with Crippen LogP contribution in [0.3, 0.4) is 0 Å². The Kier molecular flexibility index (Phi) is 3.05. The Morgan fingerprint density at radius 1 is 1.28 bits per heavy atom. The summed E-state index contributed by atoms with van der Waals surface area (Å²) in [6, 6.07) is 5.22. The molecule has 0 bridgehead atoms. The molecule has 1 aliphatic carbocycles. The van der Waals surface area contributed by atoms with Crippen molar-refractivity contribution in [2.45, 2.75) is 0 Å². The Hall–Kier alpha value is -2.69. The topological polar surface area (TPSA) is 69.4 Å². The van der Waals surface area contributed by atoms with E-state index in [9.17, 15) is 14.9 Å². The highest BCUT2D eigenvalue weighted by atomic mass is 16.6. The summed E-state index contributed by atoms with van der Waals surface area (Å²) in [5.74, 6) is -0.181. The van der Waals surface area contributed by atoms with E-state index >= 15 is 0 Å². The minimum absolute atomic E-state index is 0.0716. The zero-order chi connectivity index (χ0) is 13.1. The van der Waals surface area contributed by atoms with Gasteiger partial charge in [-0.1, -0.05) is 18.7 Å². The summed E-state index contributed by atoms with van der Waals surface area (Å²) in [5.41, 5.74) is 0.796. The number of esters is 1. The highest BCUT2D eigenvalue weighted by molar-refractivity contribution is 5.90. The van der Waals surface area contributed by atoms with E-state index < -0.39 is 10.9 Å². The highest BCUT2D eigenvalue weighted by Gasteiger charge is 2.14. The van der Waals surface area contributed by atoms with E-state index in [1.54, 1.807) is 18.2 Å². The summed E-state index contributed by atoms with van der Waals surface area (Å²) >= 11 is 0. The fourth-order valence-electron chi connectivity index (χ4n) is 1.42. The van der Waals surface area contributed by atoms with Crippen LogP contribution in [-0.4, -0.2) is 10.9 Å². The molecule has 2 rings (SSSR count). The van der Waals surface area contributed by atoms with Gasteiger partial charge in [-0.15, -0.1) is 0 Å². The predicted octanol–water partition coefficient (Wildman–Crippen LogP) is 2.76. The molecule has 18 heavy (non-hydrogen) atoms. The predicted molar refractivity (Wildman–Crippen MR) is 64.9 cm³/mol. The van der Waals surface area contributed by atoms with Crippen LogP contribution in [0.4, 0.5) is 5.69 Å². The van der Waals surface area contributed by atoms with Crippen molar-refractivity contribution in [2.24, 2.45) is 0 Å². The van der Waals surface area contributed by atoms with Crippen molar-refractivity contribution >= 4 is 11.7 Å². The summed E-state index contributed by atoms with van der Waals surface area (Å²) in [5, 5.41) is 10.5. The van der Waals surface area contributed by atoms with Gasteiger partial charge in [-0.3, -0.25) is 10.1 Å². The van der Waals surface area contributed by atoms with Crippen molar-refractivity contribution in [3.63, 3.8) is 0 Å². The van der Waals surface area contributed by atoms with E-state index in [2.05, 4.69) is 6.58 Å². The van der Waals surface area contributed by atoms with Gasteiger partial charge in [-0.25, -0.2) is 4.79 Å². The SMILES string of the molecule is C=C1C=CC=C1OC(=O)c1ccc([N+](=O)[O-])cc1. The van der Waals surface area contributed by atoms with Crippen molar-refractivity contribution < 1.29 is 14.5 Å². The van der Waals surface area contributed by atoms with Crippen molar-refractivity contribution in [2.75, 3.05) is 0 Å². The Bertz CT molecular complexity index is 582. The average molecular weight is 243 g/mol. The quantitative estimate of drug-likeness (QED) is 0.465. The van der Waals surface area contributed by atoms with E-state index in [0.717, 1.165) is 0 Å². The van der Waals surface area contributed by atoms with Gasteiger partial charge >= 0.3 is 5.97 Å². The average Bonchev–Trinajstić information content (AvgIpc) is 2.75. The van der Waals surface area contributed by atoms with Gasteiger partial charge in [-0.2, -0.15) is 0 Å². The van der Waals surface area contributed by atoms with E-state index in [-0.39, 0.29) is 11.3 Å². The van der Waals surface area contributed by atoms with Crippen LogP contribution in [0.15, 0.2) is 60.4 Å². The monoisotopic (exact) mass is 243 g/mol. The van der Waals surface area contributed by atoms with Crippen LogP contribution < -0.4 is 0 Å². The first kappa shape index (κ1) is 11.8. The first-order chi connectivity index (χ1) is 8.58. The van der Waals surface area contributed by atoms with Crippen LogP contribution in [0.25, 0.3) is 0 Å². The molecule has 0 heterocycles. The minimum atomic E-state index is -0.569. The number of hydrogen-bond acceptors (Lipinski definition) is 4. The van der Waals surface area contributed by atoms with E-state index in [0.29, 0.717) is 11.3 Å². The molecule has 5 heteroatoms. The lowest BCUT2D eigenvalue weighted by atomic mass is 10.2. The van der Waals surface area contributed by atoms with E-state index in [1.807, 2.05) is 0 Å². The number of ether oxygens (including phenoxy) is 1. The number of non-ortho nitro benzene ring substituents is 1. The summed E-state index contributed by atoms with van der Waals surface area (Å²) in [6.45, 7) is 3.70. The zero-order valence-electron chi connectivity index (χ0n) is 9.33. The molecule has 5 nitrogen and oxygen atoms in total. The van der Waals surface area contributed by atoms with E-state index in [1.165, 1.54) is 24.3 Å². The Labute approximate surface area is 103 Å². The second-order valence-electron chi connectivity index (χ2n) is 3.61. The maximum Gasteiger partial charge on any atom is 0.343 e. The molecule has 0 radical (unpaired) electrons. The molecule has 0 aromatic heterocycles. The number of allylic oxidation sites excluding steroid dienone is 3. The lowest BCUT2D eigenvalue weighted by Crippen LogP contribution is -2.05. The molecular formula is C13H9NO4. The number of hydrogen-bond donors (Lipinski definition) is 0. The number of carbonyl (C=O) groups excluding carboxylic acids is 1. The summed E-state index contributed by atoms with van der Waals surface area (Å²) in [4.78, 5) is 21.7. The number of carbonyl (C=O) groups is 1. The number of nitro benzene ring substituents is 1. The van der Waals surface area contributed by atoms with Crippen LogP contribution in [0.2, 0.25) is 0 Å². The van der Waals surface area contributed by atoms with Crippen LogP contribution in [0.1, 0.15) is 10.4 Å². The van der Waals surface area contributed by atoms with Gasteiger partial charge in [0.1, 0.15) is 5.76 Å². The van der Waals surface area contributed by atoms with Crippen molar-refractivity contribution in [3.8, 4) is 0 Å². The molecule has 0 fully saturated rings. The first-order valence-electron chi connectivity index (χ1n) is 5.12. The number of benzene rings is 1. The molecule has 0 saturated carbocycles. The molecule has 0 spiro atoms. The van der Waals surface area contributed by atoms with Crippen LogP contribution in [-0.2, 0) is 4.74 Å². The lowest BCUT2D eigenvalue weighted by molar-refractivity contribution is -0.384. The molecule has 0 atom stereocenters. The van der Waals surface area contributed by atoms with Gasteiger partial charge < -0.3 is 4.74 Å². The molecule has 1 aromatic rings. The van der Waals surface area contributed by atoms with Gasteiger partial charge in [0.25, 0.3) is 5.69 Å². The third-order valence-corrected chi connectivity index (χ3v) is 2.38. The van der Waals surface area contributed by atoms with Crippen LogP contribution in [0.5, 0.6) is 0 Å². The molecule has 0 N–H and O–H groups in total. The molecule has 0 unspecified atom stereocenters. The van der Waals surface area contributed by atoms with Gasteiger partial charge in [0, 0.05) is 17.7 Å². The van der Waals surface area contributed by atoms with Crippen LogP contribution >= 0.6 is 0 Å². The summed E-state index contributed by atoms with van der Waals surface area (Å²) < 4.78 is 5.10. The van der Waals surface area contributed by atoms with Gasteiger partial charge in [-0.05, 0) is 18.2 Å². The molecule has 1 aliphatic rings. The van der Waals surface area contributed by atoms with Crippen molar-refractivity contribution in [1.82, 2.24) is 0 Å². The minimum Gasteiger partial charge on any atom is -0.422 e. The largest absolute Gasteiger partial charge is 0.422 e.